The second-order valence-corrected chi connectivity index (χ2v) is 7.20. The first kappa shape index (κ1) is 17.9. The Kier molecular flexibility index (Phi) is 6.05. The average Bonchev–Trinajstić information content (AvgIpc) is 3.16. The predicted molar refractivity (Wildman–Crippen MR) is 94.4 cm³/mol. The number of carbonyl (C=O) groups is 2. The van der Waals surface area contributed by atoms with Gasteiger partial charge in [-0.3, -0.25) is 9.59 Å². The summed E-state index contributed by atoms with van der Waals surface area (Å²) in [6.45, 7) is 2.15. The number of carbonyl (C=O) groups excluding carboxylic acids is 2. The van der Waals surface area contributed by atoms with Gasteiger partial charge in [0.1, 0.15) is 5.82 Å². The van der Waals surface area contributed by atoms with Crippen LogP contribution in [0.4, 0.5) is 4.39 Å². The largest absolute Gasteiger partial charge is 0.356 e. The molecule has 2 fully saturated rings. The van der Waals surface area contributed by atoms with Crippen LogP contribution in [0.2, 0.25) is 0 Å². The minimum atomic E-state index is -0.257. The van der Waals surface area contributed by atoms with Crippen molar-refractivity contribution in [3.63, 3.8) is 0 Å². The van der Waals surface area contributed by atoms with Gasteiger partial charge in [0, 0.05) is 31.5 Å². The monoisotopic (exact) mass is 346 g/mol. The van der Waals surface area contributed by atoms with Gasteiger partial charge in [0.05, 0.1) is 0 Å². The highest BCUT2D eigenvalue weighted by molar-refractivity contribution is 5.88. The molecular weight excluding hydrogens is 319 g/mol. The molecule has 136 valence electrons. The third kappa shape index (κ3) is 4.59. The van der Waals surface area contributed by atoms with Crippen LogP contribution in [0.15, 0.2) is 24.3 Å². The first-order valence-corrected chi connectivity index (χ1v) is 9.46. The van der Waals surface area contributed by atoms with Crippen molar-refractivity contribution in [1.82, 2.24) is 10.2 Å². The van der Waals surface area contributed by atoms with Crippen LogP contribution in [0.5, 0.6) is 0 Å². The number of nitrogens with zero attached hydrogens (tertiary/aromatic N) is 1. The lowest BCUT2D eigenvalue weighted by molar-refractivity contribution is -0.142. The summed E-state index contributed by atoms with van der Waals surface area (Å²) in [5.74, 6) is -0.487. The Bertz CT molecular complexity index is 613. The first-order valence-electron chi connectivity index (χ1n) is 9.46. The van der Waals surface area contributed by atoms with E-state index in [1.807, 2.05) is 11.0 Å². The third-order valence-corrected chi connectivity index (χ3v) is 5.44. The number of amides is 2. The highest BCUT2D eigenvalue weighted by atomic mass is 19.1. The van der Waals surface area contributed by atoms with E-state index in [9.17, 15) is 14.0 Å². The van der Waals surface area contributed by atoms with Gasteiger partial charge >= 0.3 is 0 Å². The third-order valence-electron chi connectivity index (χ3n) is 5.44. The molecular formula is C20H27FN2O2. The maximum atomic E-state index is 13.2. The summed E-state index contributed by atoms with van der Waals surface area (Å²) in [6, 6.07) is 6.44. The lowest BCUT2D eigenvalue weighted by Gasteiger charge is -2.32. The quantitative estimate of drug-likeness (QED) is 0.891. The average molecular weight is 346 g/mol. The molecule has 1 saturated carbocycles. The second kappa shape index (κ2) is 8.45. The Morgan fingerprint density at radius 1 is 1.08 bits per heavy atom. The minimum absolute atomic E-state index is 0.0198. The van der Waals surface area contributed by atoms with Gasteiger partial charge in [0.25, 0.3) is 0 Å². The van der Waals surface area contributed by atoms with Crippen molar-refractivity contribution < 1.29 is 14.0 Å². The van der Waals surface area contributed by atoms with E-state index in [-0.39, 0.29) is 29.5 Å². The van der Waals surface area contributed by atoms with Gasteiger partial charge in [0.15, 0.2) is 0 Å². The van der Waals surface area contributed by atoms with E-state index in [1.165, 1.54) is 12.1 Å². The van der Waals surface area contributed by atoms with Gasteiger partial charge in [-0.15, -0.1) is 0 Å². The zero-order valence-corrected chi connectivity index (χ0v) is 14.7. The highest BCUT2D eigenvalue weighted by Crippen LogP contribution is 2.32. The molecule has 1 heterocycles. The highest BCUT2D eigenvalue weighted by Gasteiger charge is 2.38. The number of likely N-dealkylation sites (tertiary alicyclic amines) is 1. The number of benzene rings is 1. The molecule has 2 amide bonds. The molecule has 1 aliphatic heterocycles. The van der Waals surface area contributed by atoms with Crippen LogP contribution in [0.25, 0.3) is 0 Å². The zero-order valence-electron chi connectivity index (χ0n) is 14.7. The molecule has 1 saturated heterocycles. The van der Waals surface area contributed by atoms with Crippen LogP contribution < -0.4 is 5.32 Å². The Morgan fingerprint density at radius 2 is 1.80 bits per heavy atom. The molecule has 2 atom stereocenters. The zero-order chi connectivity index (χ0) is 17.6. The molecule has 2 unspecified atom stereocenters. The van der Waals surface area contributed by atoms with Gasteiger partial charge in [-0.2, -0.15) is 0 Å². The number of halogens is 1. The Morgan fingerprint density at radius 3 is 2.52 bits per heavy atom. The van der Waals surface area contributed by atoms with Crippen LogP contribution >= 0.6 is 0 Å². The standard InChI is InChI=1S/C20H27FN2O2/c21-16-7-5-6-15(14-16)10-11-22-19(24)17-8-1-2-9-18(17)20(25)23-12-3-4-13-23/h5-7,14,17-18H,1-4,8-13H2,(H,22,24). The first-order chi connectivity index (χ1) is 12.1. The molecule has 0 radical (unpaired) electrons. The van der Waals surface area contributed by atoms with Crippen molar-refractivity contribution in [3.8, 4) is 0 Å². The molecule has 3 rings (SSSR count). The molecule has 25 heavy (non-hydrogen) atoms. The van der Waals surface area contributed by atoms with Crippen LogP contribution in [-0.2, 0) is 16.0 Å². The summed E-state index contributed by atoms with van der Waals surface area (Å²) in [4.78, 5) is 27.3. The summed E-state index contributed by atoms with van der Waals surface area (Å²) in [5, 5.41) is 2.96. The molecule has 1 N–H and O–H groups in total. The van der Waals surface area contributed by atoms with E-state index in [2.05, 4.69) is 5.32 Å². The fourth-order valence-electron chi connectivity index (χ4n) is 4.07. The second-order valence-electron chi connectivity index (χ2n) is 7.20. The molecule has 1 aromatic carbocycles. The SMILES string of the molecule is O=C(NCCc1cccc(F)c1)C1CCCCC1C(=O)N1CCCC1. The maximum absolute atomic E-state index is 13.2. The van der Waals surface area contributed by atoms with E-state index in [0.717, 1.165) is 57.2 Å². The van der Waals surface area contributed by atoms with E-state index >= 15 is 0 Å². The Hall–Kier alpha value is -1.91. The molecule has 5 heteroatoms. The van der Waals surface area contributed by atoms with Crippen molar-refractivity contribution in [2.45, 2.75) is 44.9 Å². The van der Waals surface area contributed by atoms with Gasteiger partial charge in [-0.1, -0.05) is 25.0 Å². The van der Waals surface area contributed by atoms with E-state index in [1.54, 1.807) is 6.07 Å². The van der Waals surface area contributed by atoms with Crippen LogP contribution in [0.1, 0.15) is 44.1 Å². The van der Waals surface area contributed by atoms with Crippen LogP contribution in [-0.4, -0.2) is 36.3 Å². The van der Waals surface area contributed by atoms with Crippen molar-refractivity contribution in [1.29, 1.82) is 0 Å². The van der Waals surface area contributed by atoms with E-state index in [0.29, 0.717) is 13.0 Å². The number of hydrogen-bond donors (Lipinski definition) is 1. The van der Waals surface area contributed by atoms with Gasteiger partial charge in [-0.05, 0) is 49.8 Å². The fourth-order valence-corrected chi connectivity index (χ4v) is 4.07. The number of hydrogen-bond acceptors (Lipinski definition) is 2. The molecule has 0 spiro atoms. The van der Waals surface area contributed by atoms with Gasteiger partial charge in [0.2, 0.25) is 11.8 Å². The Balaban J connectivity index is 1.54. The normalized spacial score (nSPS) is 23.5. The van der Waals surface area contributed by atoms with Crippen molar-refractivity contribution in [2.24, 2.45) is 11.8 Å². The summed E-state index contributed by atoms with van der Waals surface area (Å²) >= 11 is 0. The van der Waals surface area contributed by atoms with Crippen molar-refractivity contribution in [3.05, 3.63) is 35.6 Å². The summed E-state index contributed by atoms with van der Waals surface area (Å²) in [6.07, 6.45) is 6.38. The van der Waals surface area contributed by atoms with Crippen molar-refractivity contribution >= 4 is 11.8 Å². The Labute approximate surface area is 148 Å². The summed E-state index contributed by atoms with van der Waals surface area (Å²) < 4.78 is 13.2. The minimum Gasteiger partial charge on any atom is -0.356 e. The predicted octanol–water partition coefficient (Wildman–Crippen LogP) is 2.91. The van der Waals surface area contributed by atoms with E-state index < -0.39 is 0 Å². The maximum Gasteiger partial charge on any atom is 0.226 e. The van der Waals surface area contributed by atoms with E-state index in [4.69, 9.17) is 0 Å². The molecule has 4 nitrogen and oxygen atoms in total. The molecule has 2 aliphatic rings. The molecule has 0 aromatic heterocycles. The molecule has 1 aliphatic carbocycles. The summed E-state index contributed by atoms with van der Waals surface area (Å²) in [5.41, 5.74) is 0.869. The fraction of sp³-hybridized carbons (Fsp3) is 0.600. The smallest absolute Gasteiger partial charge is 0.226 e. The molecule has 1 aromatic rings. The lowest BCUT2D eigenvalue weighted by Crippen LogP contribution is -2.45. The van der Waals surface area contributed by atoms with Gasteiger partial charge in [-0.25, -0.2) is 4.39 Å². The lowest BCUT2D eigenvalue weighted by atomic mass is 9.78. The topological polar surface area (TPSA) is 49.4 Å². The van der Waals surface area contributed by atoms with Gasteiger partial charge < -0.3 is 10.2 Å². The number of nitrogens with one attached hydrogen (secondary N) is 1. The summed E-state index contributed by atoms with van der Waals surface area (Å²) in [7, 11) is 0. The van der Waals surface area contributed by atoms with Crippen LogP contribution in [0.3, 0.4) is 0 Å². The van der Waals surface area contributed by atoms with Crippen LogP contribution in [0, 0.1) is 17.7 Å². The molecule has 0 bridgehead atoms. The number of rotatable bonds is 5. The van der Waals surface area contributed by atoms with Crippen molar-refractivity contribution in [2.75, 3.05) is 19.6 Å².